The summed E-state index contributed by atoms with van der Waals surface area (Å²) >= 11 is 0. The maximum absolute atomic E-state index is 6.02. The van der Waals surface area contributed by atoms with E-state index in [9.17, 15) is 0 Å². The van der Waals surface area contributed by atoms with Gasteiger partial charge in [0, 0.05) is 32.0 Å². The van der Waals surface area contributed by atoms with Crippen molar-refractivity contribution < 1.29 is 9.47 Å². The first-order valence-corrected chi connectivity index (χ1v) is 9.22. The number of rotatable bonds is 4. The van der Waals surface area contributed by atoms with Crippen LogP contribution in [0, 0.1) is 0 Å². The van der Waals surface area contributed by atoms with Gasteiger partial charge in [-0.05, 0) is 36.2 Å². The number of methoxy groups -OCH3 is 1. The van der Waals surface area contributed by atoms with Crippen molar-refractivity contribution in [1.82, 2.24) is 29.7 Å². The molecule has 140 valence electrons. The van der Waals surface area contributed by atoms with Crippen LogP contribution >= 0.6 is 0 Å². The number of hydrogen-bond acceptors (Lipinski definition) is 6. The molecule has 0 radical (unpaired) electrons. The normalized spacial score (nSPS) is 22.3. The molecule has 2 aliphatic rings. The Kier molecular flexibility index (Phi) is 4.14. The zero-order valence-electron chi connectivity index (χ0n) is 15.2. The lowest BCUT2D eigenvalue weighted by Crippen LogP contribution is -2.47. The Morgan fingerprint density at radius 2 is 2.30 bits per heavy atom. The van der Waals surface area contributed by atoms with Crippen LogP contribution in [0.15, 0.2) is 42.9 Å². The van der Waals surface area contributed by atoms with Crippen LogP contribution in [0.1, 0.15) is 23.7 Å². The first kappa shape index (κ1) is 16.5. The number of nitrogens with zero attached hydrogens (tertiary/aromatic N) is 6. The number of ether oxygens (including phenoxy) is 2. The van der Waals surface area contributed by atoms with Gasteiger partial charge in [-0.25, -0.2) is 9.36 Å². The highest BCUT2D eigenvalue weighted by atomic mass is 16.5. The minimum atomic E-state index is 0.212. The molecule has 2 atom stereocenters. The number of fused-ring (bicyclic) bond motifs is 3. The third-order valence-corrected chi connectivity index (χ3v) is 5.44. The molecule has 0 unspecified atom stereocenters. The lowest BCUT2D eigenvalue weighted by Gasteiger charge is -2.41. The molecule has 2 aromatic heterocycles. The average Bonchev–Trinajstić information content (AvgIpc) is 3.39. The Labute approximate surface area is 157 Å². The summed E-state index contributed by atoms with van der Waals surface area (Å²) in [7, 11) is 1.70. The molecule has 0 aliphatic carbocycles. The monoisotopic (exact) mass is 366 g/mol. The van der Waals surface area contributed by atoms with Gasteiger partial charge in [-0.1, -0.05) is 5.21 Å². The minimum Gasteiger partial charge on any atom is -0.497 e. The predicted octanol–water partition coefficient (Wildman–Crippen LogP) is 1.82. The molecule has 3 aromatic rings. The number of benzene rings is 1. The molecular weight excluding hydrogens is 344 g/mol. The Morgan fingerprint density at radius 3 is 3.15 bits per heavy atom. The van der Waals surface area contributed by atoms with E-state index in [1.807, 2.05) is 27.7 Å². The van der Waals surface area contributed by atoms with Gasteiger partial charge in [0.15, 0.2) is 0 Å². The molecule has 27 heavy (non-hydrogen) atoms. The summed E-state index contributed by atoms with van der Waals surface area (Å²) < 4.78 is 15.4. The first-order chi connectivity index (χ1) is 13.3. The van der Waals surface area contributed by atoms with E-state index in [-0.39, 0.29) is 12.1 Å². The van der Waals surface area contributed by atoms with Gasteiger partial charge in [-0.2, -0.15) is 5.10 Å². The molecule has 5 rings (SSSR count). The molecule has 8 heteroatoms. The molecule has 0 bridgehead atoms. The zero-order valence-corrected chi connectivity index (χ0v) is 15.2. The molecule has 1 aromatic carbocycles. The van der Waals surface area contributed by atoms with E-state index >= 15 is 0 Å². The fraction of sp³-hybridized carbons (Fsp3) is 0.421. The smallest absolute Gasteiger partial charge is 0.119 e. The number of piperidine rings is 1. The molecular formula is C19H22N6O2. The summed E-state index contributed by atoms with van der Waals surface area (Å²) in [5.41, 5.74) is 3.31. The van der Waals surface area contributed by atoms with E-state index < -0.39 is 0 Å². The molecule has 2 aliphatic heterocycles. The first-order valence-electron chi connectivity index (χ1n) is 9.22. The second-order valence-electron chi connectivity index (χ2n) is 7.06. The van der Waals surface area contributed by atoms with Gasteiger partial charge >= 0.3 is 0 Å². The van der Waals surface area contributed by atoms with Crippen molar-refractivity contribution in [2.45, 2.75) is 31.7 Å². The van der Waals surface area contributed by atoms with Crippen LogP contribution in [-0.2, 0) is 17.9 Å². The third kappa shape index (κ3) is 3.00. The number of aromatic nitrogens is 5. The van der Waals surface area contributed by atoms with E-state index in [0.717, 1.165) is 43.2 Å². The highest BCUT2D eigenvalue weighted by molar-refractivity contribution is 5.45. The van der Waals surface area contributed by atoms with Crippen LogP contribution < -0.4 is 4.74 Å². The standard InChI is InChI=1S/C19H22N6O2/c1-26-16-3-4-17(24-7-2-6-21-24)14(9-16)11-23-8-5-19-18(12-23)25-15(13-27-19)10-20-22-25/h2-4,6-7,9-10,18-19H,5,8,11-13H2,1H3/t18-,19-/m1/s1. The molecule has 0 spiro atoms. The van der Waals surface area contributed by atoms with Gasteiger partial charge in [-0.3, -0.25) is 4.90 Å². The summed E-state index contributed by atoms with van der Waals surface area (Å²) in [5, 5.41) is 12.8. The van der Waals surface area contributed by atoms with Crippen molar-refractivity contribution in [1.29, 1.82) is 0 Å². The zero-order chi connectivity index (χ0) is 18.2. The molecule has 0 N–H and O–H groups in total. The van der Waals surface area contributed by atoms with Crippen LogP contribution in [0.2, 0.25) is 0 Å². The Hall–Kier alpha value is -2.71. The van der Waals surface area contributed by atoms with Crippen molar-refractivity contribution in [3.8, 4) is 11.4 Å². The van der Waals surface area contributed by atoms with Gasteiger partial charge in [0.05, 0.1) is 43.4 Å². The number of likely N-dealkylation sites (tertiary alicyclic amines) is 1. The lowest BCUT2D eigenvalue weighted by atomic mass is 9.99. The quantitative estimate of drug-likeness (QED) is 0.701. The van der Waals surface area contributed by atoms with Crippen molar-refractivity contribution >= 4 is 0 Å². The highest BCUT2D eigenvalue weighted by Gasteiger charge is 2.36. The Morgan fingerprint density at radius 1 is 1.33 bits per heavy atom. The maximum Gasteiger partial charge on any atom is 0.119 e. The van der Waals surface area contributed by atoms with E-state index in [4.69, 9.17) is 9.47 Å². The van der Waals surface area contributed by atoms with Crippen LogP contribution in [0.5, 0.6) is 5.75 Å². The summed E-state index contributed by atoms with van der Waals surface area (Å²) in [4.78, 5) is 2.45. The topological polar surface area (TPSA) is 70.2 Å². The Balaban J connectivity index is 1.41. The summed E-state index contributed by atoms with van der Waals surface area (Å²) in [6.45, 7) is 3.30. The third-order valence-electron chi connectivity index (χ3n) is 5.44. The van der Waals surface area contributed by atoms with Crippen LogP contribution in [0.4, 0.5) is 0 Å². The van der Waals surface area contributed by atoms with Crippen LogP contribution in [0.25, 0.3) is 5.69 Å². The predicted molar refractivity (Wildman–Crippen MR) is 97.6 cm³/mol. The van der Waals surface area contributed by atoms with Gasteiger partial charge in [0.1, 0.15) is 5.75 Å². The summed E-state index contributed by atoms with van der Waals surface area (Å²) in [6, 6.07) is 8.28. The maximum atomic E-state index is 6.02. The minimum absolute atomic E-state index is 0.212. The molecule has 1 fully saturated rings. The molecule has 1 saturated heterocycles. The van der Waals surface area contributed by atoms with Crippen molar-refractivity contribution in [3.05, 3.63) is 54.1 Å². The molecule has 0 saturated carbocycles. The van der Waals surface area contributed by atoms with Gasteiger partial charge in [0.2, 0.25) is 0 Å². The fourth-order valence-corrected chi connectivity index (χ4v) is 4.08. The van der Waals surface area contributed by atoms with Crippen LogP contribution in [0.3, 0.4) is 0 Å². The van der Waals surface area contributed by atoms with Gasteiger partial charge < -0.3 is 9.47 Å². The Bertz CT molecular complexity index is 922. The van der Waals surface area contributed by atoms with Crippen molar-refractivity contribution in [2.24, 2.45) is 0 Å². The second kappa shape index (κ2) is 6.79. The fourth-order valence-electron chi connectivity index (χ4n) is 4.08. The largest absolute Gasteiger partial charge is 0.497 e. The number of hydrogen-bond donors (Lipinski definition) is 0. The van der Waals surface area contributed by atoms with E-state index in [0.29, 0.717) is 6.61 Å². The van der Waals surface area contributed by atoms with E-state index in [1.165, 1.54) is 5.56 Å². The van der Waals surface area contributed by atoms with Gasteiger partial charge in [-0.15, -0.1) is 5.10 Å². The summed E-state index contributed by atoms with van der Waals surface area (Å²) in [6.07, 6.45) is 6.77. The average molecular weight is 366 g/mol. The lowest BCUT2D eigenvalue weighted by molar-refractivity contribution is -0.0669. The van der Waals surface area contributed by atoms with Crippen molar-refractivity contribution in [2.75, 3.05) is 20.2 Å². The van der Waals surface area contributed by atoms with Gasteiger partial charge in [0.25, 0.3) is 0 Å². The van der Waals surface area contributed by atoms with Crippen LogP contribution in [-0.4, -0.2) is 56.0 Å². The van der Waals surface area contributed by atoms with E-state index in [2.05, 4.69) is 32.4 Å². The molecule has 8 nitrogen and oxygen atoms in total. The molecule has 4 heterocycles. The SMILES string of the molecule is COc1ccc(-n2cccn2)c(CN2CC[C@H]3OCc4cnnn4[C@@H]3C2)c1. The van der Waals surface area contributed by atoms with Crippen molar-refractivity contribution in [3.63, 3.8) is 0 Å². The summed E-state index contributed by atoms with van der Waals surface area (Å²) in [5.74, 6) is 0.857. The van der Waals surface area contributed by atoms with E-state index in [1.54, 1.807) is 19.5 Å². The molecule has 0 amide bonds. The second-order valence-corrected chi connectivity index (χ2v) is 7.06. The highest BCUT2D eigenvalue weighted by Crippen LogP contribution is 2.31.